The van der Waals surface area contributed by atoms with Crippen molar-refractivity contribution < 1.29 is 4.39 Å². The second-order valence-corrected chi connectivity index (χ2v) is 4.44. The maximum Gasteiger partial charge on any atom is 0.139 e. The lowest BCUT2D eigenvalue weighted by atomic mass is 10.3. The molecule has 0 aliphatic rings. The van der Waals surface area contributed by atoms with Crippen LogP contribution in [-0.2, 0) is 0 Å². The monoisotopic (exact) mass is 288 g/mol. The number of hydrogen-bond acceptors (Lipinski definition) is 2. The van der Waals surface area contributed by atoms with Gasteiger partial charge < -0.3 is 10.2 Å². The van der Waals surface area contributed by atoms with E-state index in [1.165, 1.54) is 6.07 Å². The van der Waals surface area contributed by atoms with E-state index in [0.29, 0.717) is 4.47 Å². The zero-order valence-corrected chi connectivity index (χ0v) is 11.3. The summed E-state index contributed by atoms with van der Waals surface area (Å²) in [4.78, 5) is 2.32. The average Bonchev–Trinajstić information content (AvgIpc) is 2.29. The number of halogens is 2. The Hall–Kier alpha value is -0.610. The summed E-state index contributed by atoms with van der Waals surface area (Å²) in [5.74, 6) is -0.229. The van der Waals surface area contributed by atoms with E-state index in [4.69, 9.17) is 0 Å². The molecule has 0 fully saturated rings. The highest BCUT2D eigenvalue weighted by Crippen LogP contribution is 2.18. The van der Waals surface area contributed by atoms with Gasteiger partial charge in [0.1, 0.15) is 5.82 Å². The molecule has 16 heavy (non-hydrogen) atoms. The van der Waals surface area contributed by atoms with E-state index >= 15 is 0 Å². The maximum atomic E-state index is 13.2. The van der Waals surface area contributed by atoms with Crippen molar-refractivity contribution in [3.05, 3.63) is 28.5 Å². The zero-order chi connectivity index (χ0) is 12.0. The molecule has 0 saturated carbocycles. The largest absolute Gasteiger partial charge is 0.384 e. The third kappa shape index (κ3) is 4.10. The van der Waals surface area contributed by atoms with Crippen molar-refractivity contribution in [2.24, 2.45) is 0 Å². The van der Waals surface area contributed by atoms with Crippen molar-refractivity contribution in [2.75, 3.05) is 31.5 Å². The first-order chi connectivity index (χ1) is 7.67. The standard InChI is InChI=1S/C12H18BrFN2/c1-3-16(4-2)8-7-15-10-5-6-11(13)12(14)9-10/h5-6,9,15H,3-4,7-8H2,1-2H3. The lowest BCUT2D eigenvalue weighted by Gasteiger charge is -2.18. The normalized spacial score (nSPS) is 10.8. The van der Waals surface area contributed by atoms with Gasteiger partial charge in [-0.2, -0.15) is 0 Å². The van der Waals surface area contributed by atoms with Crippen LogP contribution in [0.1, 0.15) is 13.8 Å². The second-order valence-electron chi connectivity index (χ2n) is 3.58. The number of nitrogens with zero attached hydrogens (tertiary/aromatic N) is 1. The van der Waals surface area contributed by atoms with E-state index in [0.717, 1.165) is 31.9 Å². The fourth-order valence-corrected chi connectivity index (χ4v) is 1.75. The fourth-order valence-electron chi connectivity index (χ4n) is 1.50. The molecule has 2 nitrogen and oxygen atoms in total. The van der Waals surface area contributed by atoms with Gasteiger partial charge >= 0.3 is 0 Å². The molecule has 1 aromatic rings. The zero-order valence-electron chi connectivity index (χ0n) is 9.76. The second kappa shape index (κ2) is 6.86. The predicted molar refractivity (Wildman–Crippen MR) is 70.4 cm³/mol. The van der Waals surface area contributed by atoms with Gasteiger partial charge in [-0.15, -0.1) is 0 Å². The molecule has 4 heteroatoms. The number of likely N-dealkylation sites (N-methyl/N-ethyl adjacent to an activating group) is 1. The minimum absolute atomic E-state index is 0.229. The third-order valence-electron chi connectivity index (χ3n) is 2.57. The first-order valence-electron chi connectivity index (χ1n) is 5.58. The lowest BCUT2D eigenvalue weighted by Crippen LogP contribution is -2.28. The lowest BCUT2D eigenvalue weighted by molar-refractivity contribution is 0.316. The van der Waals surface area contributed by atoms with Crippen LogP contribution in [-0.4, -0.2) is 31.1 Å². The van der Waals surface area contributed by atoms with E-state index in [1.54, 1.807) is 6.07 Å². The van der Waals surface area contributed by atoms with Gasteiger partial charge in [-0.3, -0.25) is 0 Å². The number of anilines is 1. The first kappa shape index (κ1) is 13.5. The molecule has 0 spiro atoms. The topological polar surface area (TPSA) is 15.3 Å². The van der Waals surface area contributed by atoms with E-state index < -0.39 is 0 Å². The molecule has 0 bridgehead atoms. The van der Waals surface area contributed by atoms with Crippen LogP contribution in [0.25, 0.3) is 0 Å². The Balaban J connectivity index is 2.40. The van der Waals surface area contributed by atoms with Crippen LogP contribution < -0.4 is 5.32 Å². The fraction of sp³-hybridized carbons (Fsp3) is 0.500. The Bertz CT molecular complexity index is 327. The first-order valence-corrected chi connectivity index (χ1v) is 6.38. The number of rotatable bonds is 6. The molecule has 0 heterocycles. The van der Waals surface area contributed by atoms with Gasteiger partial charge in [-0.25, -0.2) is 4.39 Å². The van der Waals surface area contributed by atoms with Gasteiger partial charge in [-0.1, -0.05) is 13.8 Å². The summed E-state index contributed by atoms with van der Waals surface area (Å²) in [6.45, 7) is 8.19. The van der Waals surface area contributed by atoms with Gasteiger partial charge in [0.15, 0.2) is 0 Å². The molecule has 1 aromatic carbocycles. The SMILES string of the molecule is CCN(CC)CCNc1ccc(Br)c(F)c1. The molecule has 0 aliphatic heterocycles. The number of nitrogens with one attached hydrogen (secondary N) is 1. The molecule has 0 unspecified atom stereocenters. The molecule has 1 N–H and O–H groups in total. The summed E-state index contributed by atoms with van der Waals surface area (Å²) in [5, 5.41) is 3.21. The third-order valence-corrected chi connectivity index (χ3v) is 3.21. The van der Waals surface area contributed by atoms with Crippen molar-refractivity contribution in [3.63, 3.8) is 0 Å². The molecule has 0 amide bonds. The molecule has 0 aliphatic carbocycles. The summed E-state index contributed by atoms with van der Waals surface area (Å²) in [5.41, 5.74) is 0.827. The van der Waals surface area contributed by atoms with Crippen LogP contribution in [0.2, 0.25) is 0 Å². The van der Waals surface area contributed by atoms with Crippen LogP contribution in [0.4, 0.5) is 10.1 Å². The molecular formula is C12H18BrFN2. The minimum Gasteiger partial charge on any atom is -0.384 e. The Kier molecular flexibility index (Phi) is 5.77. The van der Waals surface area contributed by atoms with Crippen molar-refractivity contribution in [3.8, 4) is 0 Å². The Morgan fingerprint density at radius 2 is 2.00 bits per heavy atom. The van der Waals surface area contributed by atoms with Gasteiger partial charge in [-0.05, 0) is 47.2 Å². The maximum absolute atomic E-state index is 13.2. The van der Waals surface area contributed by atoms with E-state index in [-0.39, 0.29) is 5.82 Å². The number of benzene rings is 1. The van der Waals surface area contributed by atoms with E-state index in [2.05, 4.69) is 40.0 Å². The minimum atomic E-state index is -0.229. The summed E-state index contributed by atoms with van der Waals surface area (Å²) < 4.78 is 13.7. The van der Waals surface area contributed by atoms with E-state index in [1.807, 2.05) is 6.07 Å². The summed E-state index contributed by atoms with van der Waals surface area (Å²) in [6, 6.07) is 5.09. The molecule has 0 atom stereocenters. The quantitative estimate of drug-likeness (QED) is 0.864. The predicted octanol–water partition coefficient (Wildman–Crippen LogP) is 3.34. The van der Waals surface area contributed by atoms with Gasteiger partial charge in [0.05, 0.1) is 4.47 Å². The van der Waals surface area contributed by atoms with Crippen molar-refractivity contribution >= 4 is 21.6 Å². The molecule has 1 rings (SSSR count). The summed E-state index contributed by atoms with van der Waals surface area (Å²) in [6.07, 6.45) is 0. The molecule has 0 saturated heterocycles. The Morgan fingerprint density at radius 1 is 1.31 bits per heavy atom. The van der Waals surface area contributed by atoms with Crippen LogP contribution in [0, 0.1) is 5.82 Å². The average molecular weight is 289 g/mol. The highest BCUT2D eigenvalue weighted by atomic mass is 79.9. The van der Waals surface area contributed by atoms with Gasteiger partial charge in [0.25, 0.3) is 0 Å². The number of hydrogen-bond donors (Lipinski definition) is 1. The summed E-state index contributed by atoms with van der Waals surface area (Å²) >= 11 is 3.13. The highest BCUT2D eigenvalue weighted by molar-refractivity contribution is 9.10. The van der Waals surface area contributed by atoms with E-state index in [9.17, 15) is 4.39 Å². The highest BCUT2D eigenvalue weighted by Gasteiger charge is 2.01. The molecule has 0 aromatic heterocycles. The van der Waals surface area contributed by atoms with Crippen LogP contribution in [0.5, 0.6) is 0 Å². The van der Waals surface area contributed by atoms with Crippen LogP contribution in [0.15, 0.2) is 22.7 Å². The molecule has 0 radical (unpaired) electrons. The van der Waals surface area contributed by atoms with Crippen molar-refractivity contribution in [1.29, 1.82) is 0 Å². The van der Waals surface area contributed by atoms with Crippen molar-refractivity contribution in [1.82, 2.24) is 4.90 Å². The van der Waals surface area contributed by atoms with Crippen LogP contribution in [0.3, 0.4) is 0 Å². The summed E-state index contributed by atoms with van der Waals surface area (Å²) in [7, 11) is 0. The van der Waals surface area contributed by atoms with Gasteiger partial charge in [0.2, 0.25) is 0 Å². The van der Waals surface area contributed by atoms with Crippen LogP contribution >= 0.6 is 15.9 Å². The van der Waals surface area contributed by atoms with Crippen molar-refractivity contribution in [2.45, 2.75) is 13.8 Å². The molecular weight excluding hydrogens is 271 g/mol. The Labute approximate surface area is 105 Å². The molecule has 90 valence electrons. The smallest absolute Gasteiger partial charge is 0.139 e. The Morgan fingerprint density at radius 3 is 2.56 bits per heavy atom. The van der Waals surface area contributed by atoms with Gasteiger partial charge in [0, 0.05) is 18.8 Å².